The van der Waals surface area contributed by atoms with Crippen molar-refractivity contribution in [1.29, 1.82) is 0 Å². The molecule has 1 saturated heterocycles. The normalized spacial score (nSPS) is 18.2. The van der Waals surface area contributed by atoms with Crippen molar-refractivity contribution >= 4 is 5.96 Å². The van der Waals surface area contributed by atoms with Crippen LogP contribution in [-0.2, 0) is 13.6 Å². The summed E-state index contributed by atoms with van der Waals surface area (Å²) in [4.78, 5) is 10.9. The zero-order valence-corrected chi connectivity index (χ0v) is 11.4. The number of likely N-dealkylation sites (tertiary alicyclic amines) is 1. The van der Waals surface area contributed by atoms with E-state index in [1.807, 2.05) is 14.1 Å². The molecule has 0 amide bonds. The van der Waals surface area contributed by atoms with Crippen molar-refractivity contribution in [3.63, 3.8) is 0 Å². The van der Waals surface area contributed by atoms with Crippen molar-refractivity contribution in [3.05, 3.63) is 12.2 Å². The number of piperidine rings is 1. The molecular formula is C12H22N6. The van der Waals surface area contributed by atoms with Gasteiger partial charge in [0.15, 0.2) is 5.96 Å². The first-order valence-corrected chi connectivity index (χ1v) is 6.49. The molecule has 0 unspecified atom stereocenters. The molecule has 0 radical (unpaired) electrons. The number of nitrogens with zero attached hydrogens (tertiary/aromatic N) is 5. The van der Waals surface area contributed by atoms with Crippen LogP contribution in [0.15, 0.2) is 11.3 Å². The van der Waals surface area contributed by atoms with E-state index < -0.39 is 0 Å². The fraction of sp³-hybridized carbons (Fsp3) is 0.750. The Kier molecular flexibility index (Phi) is 4.17. The molecule has 0 atom stereocenters. The molecule has 1 aliphatic rings. The zero-order chi connectivity index (χ0) is 13.0. The Morgan fingerprint density at radius 1 is 1.50 bits per heavy atom. The van der Waals surface area contributed by atoms with Crippen LogP contribution in [0.1, 0.15) is 25.6 Å². The number of guanidine groups is 1. The van der Waals surface area contributed by atoms with Crippen LogP contribution in [0, 0.1) is 5.92 Å². The van der Waals surface area contributed by atoms with Crippen LogP contribution in [0.25, 0.3) is 0 Å². The summed E-state index contributed by atoms with van der Waals surface area (Å²) in [5.74, 6) is 2.71. The van der Waals surface area contributed by atoms with Gasteiger partial charge >= 0.3 is 0 Å². The molecule has 1 N–H and O–H groups in total. The molecule has 0 spiro atoms. The summed E-state index contributed by atoms with van der Waals surface area (Å²) in [5.41, 5.74) is 0. The van der Waals surface area contributed by atoms with Gasteiger partial charge in [0.25, 0.3) is 0 Å². The monoisotopic (exact) mass is 250 g/mol. The molecule has 0 aliphatic carbocycles. The highest BCUT2D eigenvalue weighted by molar-refractivity contribution is 5.79. The molecule has 2 rings (SSSR count). The van der Waals surface area contributed by atoms with E-state index in [9.17, 15) is 0 Å². The lowest BCUT2D eigenvalue weighted by Crippen LogP contribution is -2.45. The van der Waals surface area contributed by atoms with Crippen molar-refractivity contribution in [3.8, 4) is 0 Å². The lowest BCUT2D eigenvalue weighted by molar-refractivity contribution is 0.273. The number of aliphatic imine (C=N–C) groups is 1. The van der Waals surface area contributed by atoms with E-state index in [2.05, 4.69) is 32.2 Å². The zero-order valence-electron chi connectivity index (χ0n) is 11.4. The largest absolute Gasteiger partial charge is 0.349 e. The van der Waals surface area contributed by atoms with E-state index in [4.69, 9.17) is 0 Å². The molecule has 6 nitrogen and oxygen atoms in total. The second-order valence-electron chi connectivity index (χ2n) is 4.87. The molecule has 1 aromatic rings. The SMILES string of the molecule is CN=C(NCc1ncnn1C)N1CCC(C)CC1. The predicted molar refractivity (Wildman–Crippen MR) is 71.2 cm³/mol. The second-order valence-corrected chi connectivity index (χ2v) is 4.87. The molecule has 2 heterocycles. The maximum Gasteiger partial charge on any atom is 0.194 e. The second kappa shape index (κ2) is 5.84. The molecular weight excluding hydrogens is 228 g/mol. The quantitative estimate of drug-likeness (QED) is 0.617. The third-order valence-corrected chi connectivity index (χ3v) is 3.50. The summed E-state index contributed by atoms with van der Waals surface area (Å²) in [5, 5.41) is 7.40. The molecule has 6 heteroatoms. The van der Waals surface area contributed by atoms with E-state index in [1.54, 1.807) is 11.0 Å². The number of nitrogens with one attached hydrogen (secondary N) is 1. The summed E-state index contributed by atoms with van der Waals surface area (Å²) in [6, 6.07) is 0. The number of rotatable bonds is 2. The van der Waals surface area contributed by atoms with E-state index in [-0.39, 0.29) is 0 Å². The average molecular weight is 250 g/mol. The Balaban J connectivity index is 1.88. The first kappa shape index (κ1) is 12.9. The summed E-state index contributed by atoms with van der Waals surface area (Å²) in [6.45, 7) is 5.14. The average Bonchev–Trinajstić information content (AvgIpc) is 2.78. The van der Waals surface area contributed by atoms with Crippen LogP contribution in [-0.4, -0.2) is 45.8 Å². The van der Waals surface area contributed by atoms with E-state index >= 15 is 0 Å². The Hall–Kier alpha value is -1.59. The minimum atomic E-state index is 0.662. The van der Waals surface area contributed by atoms with Gasteiger partial charge in [0, 0.05) is 27.2 Å². The summed E-state index contributed by atoms with van der Waals surface area (Å²) < 4.78 is 1.78. The standard InChI is InChI=1S/C12H22N6/c1-10-4-6-18(7-5-10)12(13-2)14-8-11-15-9-16-17(11)3/h9-10H,4-8H2,1-3H3,(H,13,14). The van der Waals surface area contributed by atoms with Crippen molar-refractivity contribution in [2.75, 3.05) is 20.1 Å². The van der Waals surface area contributed by atoms with Gasteiger partial charge in [-0.25, -0.2) is 4.98 Å². The fourth-order valence-corrected chi connectivity index (χ4v) is 2.19. The third kappa shape index (κ3) is 3.00. The Morgan fingerprint density at radius 2 is 2.22 bits per heavy atom. The number of hydrogen-bond acceptors (Lipinski definition) is 3. The Morgan fingerprint density at radius 3 is 2.78 bits per heavy atom. The first-order valence-electron chi connectivity index (χ1n) is 6.49. The molecule has 0 saturated carbocycles. The molecule has 100 valence electrons. The van der Waals surface area contributed by atoms with Crippen LogP contribution in [0.2, 0.25) is 0 Å². The minimum absolute atomic E-state index is 0.662. The van der Waals surface area contributed by atoms with Crippen LogP contribution in [0.4, 0.5) is 0 Å². The summed E-state index contributed by atoms with van der Waals surface area (Å²) in [7, 11) is 3.73. The van der Waals surface area contributed by atoms with Gasteiger partial charge in [-0.05, 0) is 18.8 Å². The van der Waals surface area contributed by atoms with Gasteiger partial charge in [-0.2, -0.15) is 5.10 Å². The number of aryl methyl sites for hydroxylation is 1. The van der Waals surface area contributed by atoms with Gasteiger partial charge < -0.3 is 10.2 Å². The Labute approximate surface area is 108 Å². The number of aromatic nitrogens is 3. The molecule has 18 heavy (non-hydrogen) atoms. The van der Waals surface area contributed by atoms with E-state index in [1.165, 1.54) is 12.8 Å². The van der Waals surface area contributed by atoms with Gasteiger partial charge in [0.2, 0.25) is 0 Å². The van der Waals surface area contributed by atoms with Crippen molar-refractivity contribution in [1.82, 2.24) is 25.0 Å². The highest BCUT2D eigenvalue weighted by Crippen LogP contribution is 2.15. The van der Waals surface area contributed by atoms with Crippen LogP contribution >= 0.6 is 0 Å². The third-order valence-electron chi connectivity index (χ3n) is 3.50. The molecule has 1 aliphatic heterocycles. The Bertz CT molecular complexity index is 402. The lowest BCUT2D eigenvalue weighted by atomic mass is 10.00. The molecule has 0 aromatic carbocycles. The lowest BCUT2D eigenvalue weighted by Gasteiger charge is -2.32. The molecule has 1 fully saturated rings. The molecule has 0 bridgehead atoms. The summed E-state index contributed by atoms with van der Waals surface area (Å²) in [6.07, 6.45) is 4.05. The topological polar surface area (TPSA) is 58.3 Å². The number of hydrogen-bond donors (Lipinski definition) is 1. The van der Waals surface area contributed by atoms with Gasteiger partial charge in [0.1, 0.15) is 12.2 Å². The maximum atomic E-state index is 4.34. The van der Waals surface area contributed by atoms with Crippen LogP contribution < -0.4 is 5.32 Å². The van der Waals surface area contributed by atoms with Gasteiger partial charge in [-0.15, -0.1) is 0 Å². The molecule has 1 aromatic heterocycles. The van der Waals surface area contributed by atoms with E-state index in [0.717, 1.165) is 30.8 Å². The first-order chi connectivity index (χ1) is 8.70. The van der Waals surface area contributed by atoms with Gasteiger partial charge in [0.05, 0.1) is 6.54 Å². The van der Waals surface area contributed by atoms with Crippen LogP contribution in [0.5, 0.6) is 0 Å². The highest BCUT2D eigenvalue weighted by Gasteiger charge is 2.18. The predicted octanol–water partition coefficient (Wildman–Crippen LogP) is 0.622. The van der Waals surface area contributed by atoms with Gasteiger partial charge in [-0.3, -0.25) is 9.67 Å². The fourth-order valence-electron chi connectivity index (χ4n) is 2.19. The maximum absolute atomic E-state index is 4.34. The van der Waals surface area contributed by atoms with Crippen LogP contribution in [0.3, 0.4) is 0 Å². The highest BCUT2D eigenvalue weighted by atomic mass is 15.3. The van der Waals surface area contributed by atoms with Gasteiger partial charge in [-0.1, -0.05) is 6.92 Å². The van der Waals surface area contributed by atoms with Crippen molar-refractivity contribution in [2.24, 2.45) is 18.0 Å². The smallest absolute Gasteiger partial charge is 0.194 e. The van der Waals surface area contributed by atoms with E-state index in [0.29, 0.717) is 6.54 Å². The summed E-state index contributed by atoms with van der Waals surface area (Å²) >= 11 is 0. The van der Waals surface area contributed by atoms with Crippen molar-refractivity contribution in [2.45, 2.75) is 26.3 Å². The van der Waals surface area contributed by atoms with Crippen molar-refractivity contribution < 1.29 is 0 Å². The minimum Gasteiger partial charge on any atom is -0.349 e.